The molecule has 0 radical (unpaired) electrons. The molecule has 2 aliphatic carbocycles. The Bertz CT molecular complexity index is 522. The summed E-state index contributed by atoms with van der Waals surface area (Å²) in [6.45, 7) is 10.1. The Balaban J connectivity index is 2.15. The van der Waals surface area contributed by atoms with Crippen molar-refractivity contribution in [3.8, 4) is 0 Å². The van der Waals surface area contributed by atoms with Crippen LogP contribution in [0.25, 0.3) is 0 Å². The maximum atomic E-state index is 11.9. The largest absolute Gasteiger partial charge is 0.478 e. The highest BCUT2D eigenvalue weighted by Crippen LogP contribution is 2.60. The van der Waals surface area contributed by atoms with Crippen LogP contribution in [0.2, 0.25) is 0 Å². The van der Waals surface area contributed by atoms with Crippen LogP contribution in [0, 0.1) is 28.6 Å². The number of carbonyl (C=O) groups is 2. The minimum Gasteiger partial charge on any atom is -0.478 e. The van der Waals surface area contributed by atoms with Crippen molar-refractivity contribution in [2.24, 2.45) is 28.6 Å². The lowest BCUT2D eigenvalue weighted by Crippen LogP contribution is -2.49. The lowest BCUT2D eigenvalue weighted by Gasteiger charge is -2.56. The van der Waals surface area contributed by atoms with Crippen molar-refractivity contribution in [3.63, 3.8) is 0 Å². The second-order valence-electron chi connectivity index (χ2n) is 9.09. The maximum absolute atomic E-state index is 11.9. The van der Waals surface area contributed by atoms with Crippen LogP contribution in [-0.4, -0.2) is 24.2 Å². The molecule has 0 bridgehead atoms. The summed E-state index contributed by atoms with van der Waals surface area (Å²) in [5, 5.41) is 9.75. The summed E-state index contributed by atoms with van der Waals surface area (Å²) < 4.78 is 4.80. The van der Waals surface area contributed by atoms with Crippen molar-refractivity contribution in [2.45, 2.75) is 72.6 Å². The van der Waals surface area contributed by atoms with Gasteiger partial charge in [-0.1, -0.05) is 40.2 Å². The molecule has 1 fully saturated rings. The predicted molar refractivity (Wildman–Crippen MR) is 98.1 cm³/mol. The van der Waals surface area contributed by atoms with Crippen LogP contribution in [0.4, 0.5) is 0 Å². The SMILES string of the molecule is CC(CCOC=O)CCC1C(C(=O)O)=CCC2C(C)(C)CCCC12C. The van der Waals surface area contributed by atoms with Gasteiger partial charge in [-0.3, -0.25) is 4.79 Å². The van der Waals surface area contributed by atoms with E-state index in [4.69, 9.17) is 4.74 Å². The average Bonchev–Trinajstić information content (AvgIpc) is 2.52. The number of hydrogen-bond acceptors (Lipinski definition) is 3. The Hall–Kier alpha value is -1.32. The Morgan fingerprint density at radius 1 is 1.36 bits per heavy atom. The normalized spacial score (nSPS) is 32.2. The Labute approximate surface area is 152 Å². The number of hydrogen-bond donors (Lipinski definition) is 1. The fourth-order valence-electron chi connectivity index (χ4n) is 5.55. The number of carboxylic acids is 1. The van der Waals surface area contributed by atoms with E-state index in [0.29, 0.717) is 30.5 Å². The molecule has 4 heteroatoms. The zero-order valence-electron chi connectivity index (χ0n) is 16.2. The molecule has 4 nitrogen and oxygen atoms in total. The number of ether oxygens (including phenoxy) is 1. The Morgan fingerprint density at radius 3 is 2.72 bits per heavy atom. The standard InChI is InChI=1S/C21H34O4/c1-15(10-13-25-14-22)6-8-17-16(19(23)24)7-9-18-20(2,3)11-5-12-21(17,18)4/h7,14-15,17-18H,5-6,8-13H2,1-4H3,(H,23,24). The van der Waals surface area contributed by atoms with Crippen molar-refractivity contribution in [1.29, 1.82) is 0 Å². The maximum Gasteiger partial charge on any atom is 0.331 e. The fourth-order valence-corrected chi connectivity index (χ4v) is 5.55. The Morgan fingerprint density at radius 2 is 2.08 bits per heavy atom. The lowest BCUT2D eigenvalue weighted by molar-refractivity contribution is -0.136. The van der Waals surface area contributed by atoms with Crippen LogP contribution in [0.5, 0.6) is 0 Å². The molecule has 4 unspecified atom stereocenters. The van der Waals surface area contributed by atoms with E-state index in [1.165, 1.54) is 12.8 Å². The van der Waals surface area contributed by atoms with Crippen molar-refractivity contribution < 1.29 is 19.4 Å². The third kappa shape index (κ3) is 4.27. The van der Waals surface area contributed by atoms with E-state index in [2.05, 4.69) is 27.7 Å². The van der Waals surface area contributed by atoms with Crippen LogP contribution >= 0.6 is 0 Å². The number of allylic oxidation sites excluding steroid dienone is 1. The zero-order chi connectivity index (χ0) is 18.7. The number of rotatable bonds is 8. The van der Waals surface area contributed by atoms with Gasteiger partial charge in [0.2, 0.25) is 0 Å². The average molecular weight is 350 g/mol. The quantitative estimate of drug-likeness (QED) is 0.503. The summed E-state index contributed by atoms with van der Waals surface area (Å²) in [5.41, 5.74) is 0.978. The van der Waals surface area contributed by atoms with E-state index in [1.807, 2.05) is 6.08 Å². The van der Waals surface area contributed by atoms with Crippen molar-refractivity contribution >= 4 is 12.4 Å². The molecule has 0 spiro atoms. The molecule has 1 saturated carbocycles. The van der Waals surface area contributed by atoms with E-state index in [1.54, 1.807) is 0 Å². The highest BCUT2D eigenvalue weighted by Gasteiger charge is 2.53. The van der Waals surface area contributed by atoms with Crippen molar-refractivity contribution in [2.75, 3.05) is 6.61 Å². The van der Waals surface area contributed by atoms with Gasteiger partial charge < -0.3 is 9.84 Å². The molecular formula is C21H34O4. The molecule has 0 aromatic heterocycles. The molecule has 4 atom stereocenters. The molecule has 25 heavy (non-hydrogen) atoms. The first-order chi connectivity index (χ1) is 11.7. The van der Waals surface area contributed by atoms with Crippen LogP contribution in [0.1, 0.15) is 72.6 Å². The second kappa shape index (κ2) is 7.92. The molecule has 0 saturated heterocycles. The molecule has 0 amide bonds. The van der Waals surface area contributed by atoms with Crippen molar-refractivity contribution in [3.05, 3.63) is 11.6 Å². The van der Waals surface area contributed by atoms with Gasteiger partial charge in [-0.05, 0) is 67.1 Å². The summed E-state index contributed by atoms with van der Waals surface area (Å²) >= 11 is 0. The van der Waals surface area contributed by atoms with E-state index >= 15 is 0 Å². The van der Waals surface area contributed by atoms with Gasteiger partial charge in [-0.15, -0.1) is 0 Å². The van der Waals surface area contributed by atoms with Gasteiger partial charge in [0.15, 0.2) is 0 Å². The smallest absolute Gasteiger partial charge is 0.331 e. The number of carboxylic acid groups (broad SMARTS) is 1. The first kappa shape index (κ1) is 20.0. The van der Waals surface area contributed by atoms with Gasteiger partial charge in [0.25, 0.3) is 6.47 Å². The summed E-state index contributed by atoms with van der Waals surface area (Å²) in [5.74, 6) is 0.355. The number of aliphatic carboxylic acids is 1. The van der Waals surface area contributed by atoms with E-state index < -0.39 is 5.97 Å². The number of carbonyl (C=O) groups excluding carboxylic acids is 1. The molecule has 0 aromatic carbocycles. The minimum atomic E-state index is -0.745. The van der Waals surface area contributed by atoms with Crippen LogP contribution < -0.4 is 0 Å². The first-order valence-electron chi connectivity index (χ1n) is 9.71. The predicted octanol–water partition coefficient (Wildman–Crippen LogP) is 4.83. The van der Waals surface area contributed by atoms with Gasteiger partial charge in [0.05, 0.1) is 6.61 Å². The van der Waals surface area contributed by atoms with Gasteiger partial charge in [0, 0.05) is 5.57 Å². The summed E-state index contributed by atoms with van der Waals surface area (Å²) in [4.78, 5) is 22.1. The third-order valence-corrected chi connectivity index (χ3v) is 7.01. The number of fused-ring (bicyclic) bond motifs is 1. The molecule has 2 rings (SSSR count). The molecule has 1 N–H and O–H groups in total. The third-order valence-electron chi connectivity index (χ3n) is 7.01. The van der Waals surface area contributed by atoms with E-state index in [0.717, 1.165) is 32.1 Å². The van der Waals surface area contributed by atoms with E-state index in [-0.39, 0.29) is 16.7 Å². The van der Waals surface area contributed by atoms with Crippen LogP contribution in [-0.2, 0) is 14.3 Å². The molecule has 142 valence electrons. The van der Waals surface area contributed by atoms with Gasteiger partial charge in [0.1, 0.15) is 0 Å². The lowest BCUT2D eigenvalue weighted by atomic mass is 9.48. The summed E-state index contributed by atoms with van der Waals surface area (Å²) in [7, 11) is 0. The highest BCUT2D eigenvalue weighted by molar-refractivity contribution is 5.87. The van der Waals surface area contributed by atoms with Gasteiger partial charge in [-0.2, -0.15) is 0 Å². The second-order valence-corrected chi connectivity index (χ2v) is 9.09. The summed E-state index contributed by atoms with van der Waals surface area (Å²) in [6, 6.07) is 0. The highest BCUT2D eigenvalue weighted by atomic mass is 16.5. The summed E-state index contributed by atoms with van der Waals surface area (Å²) in [6.07, 6.45) is 9.16. The minimum absolute atomic E-state index is 0.0727. The molecule has 2 aliphatic rings. The Kier molecular flexibility index (Phi) is 6.34. The molecule has 0 aliphatic heterocycles. The molecule has 0 aromatic rings. The monoisotopic (exact) mass is 350 g/mol. The fraction of sp³-hybridized carbons (Fsp3) is 0.810. The van der Waals surface area contributed by atoms with Gasteiger partial charge in [-0.25, -0.2) is 4.79 Å². The van der Waals surface area contributed by atoms with Crippen LogP contribution in [0.15, 0.2) is 11.6 Å². The molecular weight excluding hydrogens is 316 g/mol. The van der Waals surface area contributed by atoms with Gasteiger partial charge >= 0.3 is 5.97 Å². The van der Waals surface area contributed by atoms with E-state index in [9.17, 15) is 14.7 Å². The zero-order valence-corrected chi connectivity index (χ0v) is 16.2. The van der Waals surface area contributed by atoms with Crippen LogP contribution in [0.3, 0.4) is 0 Å². The first-order valence-corrected chi connectivity index (χ1v) is 9.71. The topological polar surface area (TPSA) is 63.6 Å². The molecule has 0 heterocycles. The van der Waals surface area contributed by atoms with Crippen molar-refractivity contribution in [1.82, 2.24) is 0 Å².